The smallest absolute Gasteiger partial charge is 0.431 e. The summed E-state index contributed by atoms with van der Waals surface area (Å²) in [6, 6.07) is 10.3. The highest BCUT2D eigenvalue weighted by Gasteiger charge is 2.34. The van der Waals surface area contributed by atoms with Crippen LogP contribution in [0.5, 0.6) is 5.75 Å². The first kappa shape index (κ1) is 20.4. The molecule has 0 fully saturated rings. The van der Waals surface area contributed by atoms with E-state index in [1.54, 1.807) is 18.5 Å². The lowest BCUT2D eigenvalue weighted by molar-refractivity contribution is -0.360. The van der Waals surface area contributed by atoms with E-state index in [4.69, 9.17) is 9.47 Å². The molecular formula is C22H23F3N3O2+. The minimum Gasteiger partial charge on any atom is -0.491 e. The Bertz CT molecular complexity index is 1060. The Balaban J connectivity index is 1.69. The number of pyridine rings is 1. The second kappa shape index (κ2) is 8.10. The third kappa shape index (κ3) is 4.18. The highest BCUT2D eigenvalue weighted by molar-refractivity contribution is 5.89. The molecule has 2 N–H and O–H groups in total. The van der Waals surface area contributed by atoms with Crippen LogP contribution in [-0.2, 0) is 10.9 Å². The van der Waals surface area contributed by atoms with Crippen LogP contribution in [0.2, 0.25) is 0 Å². The summed E-state index contributed by atoms with van der Waals surface area (Å²) < 4.78 is 51.2. The van der Waals surface area contributed by atoms with Gasteiger partial charge in [0.15, 0.2) is 0 Å². The van der Waals surface area contributed by atoms with Gasteiger partial charge in [0.05, 0.1) is 23.0 Å². The molecule has 0 bridgehead atoms. The number of benzene rings is 1. The number of halogens is 3. The Kier molecular flexibility index (Phi) is 5.51. The normalized spacial score (nSPS) is 19.4. The van der Waals surface area contributed by atoms with Gasteiger partial charge in [-0.25, -0.2) is 4.98 Å². The number of aromatic amines is 2. The van der Waals surface area contributed by atoms with Crippen LogP contribution in [0.4, 0.5) is 19.0 Å². The quantitative estimate of drug-likeness (QED) is 0.598. The molecule has 2 atom stereocenters. The van der Waals surface area contributed by atoms with Gasteiger partial charge in [-0.1, -0.05) is 37.0 Å². The maximum atomic E-state index is 13.1. The number of rotatable bonds is 5. The standard InChI is InChI=1S/C22H22F3N3O2/c1-13(2)11-29-19-12-30-18-6-4-3-5-14(18)16(19)10-27-21-15-9-20(22(23,24)25)28-17(15)7-8-26-21/h3-10,13,16,19,28H,11-12H2,1-2H3/p+1/t16?,19-/m0/s1. The van der Waals surface area contributed by atoms with Crippen LogP contribution in [-0.4, -0.2) is 30.5 Å². The number of aromatic nitrogens is 2. The molecule has 0 saturated heterocycles. The topological polar surface area (TPSA) is 60.8 Å². The maximum Gasteiger partial charge on any atom is 0.431 e. The van der Waals surface area contributed by atoms with Crippen LogP contribution < -0.4 is 9.72 Å². The fourth-order valence-electron chi connectivity index (χ4n) is 3.50. The van der Waals surface area contributed by atoms with E-state index in [1.807, 2.05) is 24.3 Å². The summed E-state index contributed by atoms with van der Waals surface area (Å²) in [4.78, 5) is 9.88. The lowest BCUT2D eigenvalue weighted by Gasteiger charge is -2.30. The van der Waals surface area contributed by atoms with Crippen LogP contribution in [0.25, 0.3) is 10.9 Å². The van der Waals surface area contributed by atoms with Gasteiger partial charge in [0, 0.05) is 18.2 Å². The molecule has 4 rings (SSSR count). The lowest BCUT2D eigenvalue weighted by atomic mass is 9.91. The third-order valence-electron chi connectivity index (χ3n) is 4.97. The van der Waals surface area contributed by atoms with Crippen LogP contribution in [0.15, 0.2) is 47.6 Å². The number of aliphatic imine (C=N–C) groups is 1. The van der Waals surface area contributed by atoms with E-state index in [0.29, 0.717) is 35.9 Å². The molecule has 5 nitrogen and oxygen atoms in total. The highest BCUT2D eigenvalue weighted by atomic mass is 19.4. The number of H-pyrrole nitrogens is 2. The number of nitrogens with zero attached hydrogens (tertiary/aromatic N) is 1. The summed E-state index contributed by atoms with van der Waals surface area (Å²) in [6.07, 6.45) is -1.38. The van der Waals surface area contributed by atoms with Crippen LogP contribution in [0, 0.1) is 5.92 Å². The van der Waals surface area contributed by atoms with E-state index in [1.165, 1.54) is 0 Å². The molecule has 3 heterocycles. The zero-order valence-corrected chi connectivity index (χ0v) is 16.7. The average molecular weight is 418 g/mol. The molecule has 3 aromatic rings. The zero-order chi connectivity index (χ0) is 21.3. The van der Waals surface area contributed by atoms with Crippen LogP contribution >= 0.6 is 0 Å². The van der Waals surface area contributed by atoms with E-state index in [-0.39, 0.29) is 12.0 Å². The van der Waals surface area contributed by atoms with E-state index in [9.17, 15) is 13.2 Å². The van der Waals surface area contributed by atoms with Crippen molar-refractivity contribution < 1.29 is 27.6 Å². The lowest BCUT2D eigenvalue weighted by Crippen LogP contribution is -2.35. The molecule has 1 unspecified atom stereocenters. The number of nitrogens with one attached hydrogen (secondary N) is 2. The van der Waals surface area contributed by atoms with Gasteiger partial charge in [0.25, 0.3) is 0 Å². The molecule has 2 aromatic heterocycles. The van der Waals surface area contributed by atoms with E-state index < -0.39 is 11.9 Å². The molecule has 158 valence electrons. The van der Waals surface area contributed by atoms with Crippen molar-refractivity contribution >= 4 is 22.9 Å². The first-order valence-electron chi connectivity index (χ1n) is 9.81. The predicted octanol–water partition coefficient (Wildman–Crippen LogP) is 4.92. The largest absolute Gasteiger partial charge is 0.491 e. The molecule has 1 aromatic carbocycles. The Morgan fingerprint density at radius 2 is 2.10 bits per heavy atom. The summed E-state index contributed by atoms with van der Waals surface area (Å²) in [5.74, 6) is 1.30. The van der Waals surface area contributed by atoms with Crippen molar-refractivity contribution in [3.63, 3.8) is 0 Å². The fraction of sp³-hybridized carbons (Fsp3) is 0.364. The minimum atomic E-state index is -4.45. The second-order valence-electron chi connectivity index (χ2n) is 7.75. The highest BCUT2D eigenvalue weighted by Crippen LogP contribution is 2.36. The van der Waals surface area contributed by atoms with Gasteiger partial charge >= 0.3 is 12.0 Å². The Morgan fingerprint density at radius 1 is 1.30 bits per heavy atom. The Labute approximate surface area is 171 Å². The summed E-state index contributed by atoms with van der Waals surface area (Å²) in [5, 5.41) is 0.376. The van der Waals surface area contributed by atoms with Gasteiger partial charge < -0.3 is 14.5 Å². The monoisotopic (exact) mass is 418 g/mol. The SMILES string of the molecule is CC(C)CO[C@H]1COc2ccccc2C1C=Nc1[nH+]ccc2[nH]c(C(F)(F)F)cc12. The summed E-state index contributed by atoms with van der Waals surface area (Å²) in [7, 11) is 0. The van der Waals surface area contributed by atoms with E-state index >= 15 is 0 Å². The van der Waals surface area contributed by atoms with Crippen molar-refractivity contribution in [2.75, 3.05) is 13.2 Å². The summed E-state index contributed by atoms with van der Waals surface area (Å²) in [6.45, 7) is 5.10. The summed E-state index contributed by atoms with van der Waals surface area (Å²) in [5.41, 5.74) is 0.509. The minimum absolute atomic E-state index is 0.182. The number of hydrogen-bond acceptors (Lipinski definition) is 3. The first-order chi connectivity index (χ1) is 14.3. The molecule has 0 spiro atoms. The van der Waals surface area contributed by atoms with Crippen molar-refractivity contribution in [2.24, 2.45) is 10.9 Å². The molecule has 30 heavy (non-hydrogen) atoms. The molecule has 0 amide bonds. The molecule has 0 aliphatic carbocycles. The molecule has 0 radical (unpaired) electrons. The number of para-hydroxylation sites is 1. The van der Waals surface area contributed by atoms with Crippen LogP contribution in [0.1, 0.15) is 31.0 Å². The number of hydrogen-bond donors (Lipinski definition) is 1. The van der Waals surface area contributed by atoms with Gasteiger partial charge in [0.1, 0.15) is 30.4 Å². The van der Waals surface area contributed by atoms with Crippen molar-refractivity contribution in [3.05, 3.63) is 53.9 Å². The Hall–Kier alpha value is -2.87. The van der Waals surface area contributed by atoms with Crippen molar-refractivity contribution in [1.82, 2.24) is 4.98 Å². The van der Waals surface area contributed by atoms with Gasteiger partial charge in [-0.2, -0.15) is 13.2 Å². The first-order valence-corrected chi connectivity index (χ1v) is 9.81. The van der Waals surface area contributed by atoms with E-state index in [0.717, 1.165) is 17.4 Å². The second-order valence-corrected chi connectivity index (χ2v) is 7.75. The third-order valence-corrected chi connectivity index (χ3v) is 4.97. The number of fused-ring (bicyclic) bond motifs is 2. The maximum absolute atomic E-state index is 13.1. The molecular weight excluding hydrogens is 395 g/mol. The molecule has 8 heteroatoms. The predicted molar refractivity (Wildman–Crippen MR) is 107 cm³/mol. The summed E-state index contributed by atoms with van der Waals surface area (Å²) >= 11 is 0. The van der Waals surface area contributed by atoms with Crippen LogP contribution in [0.3, 0.4) is 0 Å². The van der Waals surface area contributed by atoms with Crippen molar-refractivity contribution in [1.29, 1.82) is 0 Å². The molecule has 1 aliphatic rings. The van der Waals surface area contributed by atoms with Gasteiger partial charge in [0.2, 0.25) is 0 Å². The number of alkyl halides is 3. The van der Waals surface area contributed by atoms with Crippen molar-refractivity contribution in [2.45, 2.75) is 32.0 Å². The fourth-order valence-corrected chi connectivity index (χ4v) is 3.50. The average Bonchev–Trinajstić information content (AvgIpc) is 3.16. The van der Waals surface area contributed by atoms with E-state index in [2.05, 4.69) is 28.8 Å². The zero-order valence-electron chi connectivity index (χ0n) is 16.7. The van der Waals surface area contributed by atoms with Gasteiger partial charge in [-0.15, -0.1) is 0 Å². The van der Waals surface area contributed by atoms with Gasteiger partial charge in [-0.05, 0) is 18.1 Å². The van der Waals surface area contributed by atoms with Crippen molar-refractivity contribution in [3.8, 4) is 5.75 Å². The molecule has 1 aliphatic heterocycles. The molecule has 0 saturated carbocycles. The Morgan fingerprint density at radius 3 is 2.87 bits per heavy atom. The number of ether oxygens (including phenoxy) is 2. The van der Waals surface area contributed by atoms with Gasteiger partial charge in [-0.3, -0.25) is 0 Å².